The summed E-state index contributed by atoms with van der Waals surface area (Å²) in [4.78, 5) is 0. The van der Waals surface area contributed by atoms with Gasteiger partial charge in [-0.1, -0.05) is 17.7 Å². The first kappa shape index (κ1) is 11.4. The summed E-state index contributed by atoms with van der Waals surface area (Å²) in [6.45, 7) is 1.94. The summed E-state index contributed by atoms with van der Waals surface area (Å²) in [5, 5.41) is 10.2. The van der Waals surface area contributed by atoms with Crippen molar-refractivity contribution in [2.24, 2.45) is 5.73 Å². The van der Waals surface area contributed by atoms with Crippen LogP contribution in [0, 0.1) is 12.3 Å². The highest BCUT2D eigenvalue weighted by molar-refractivity contribution is 9.10. The second-order valence-electron chi connectivity index (χ2n) is 3.69. The number of nitrogens with one attached hydrogen (secondary N) is 1. The molecule has 4 heteroatoms. The van der Waals surface area contributed by atoms with E-state index in [0.717, 1.165) is 26.4 Å². The number of nitrogens with two attached hydrogens (primary N) is 1. The molecule has 0 aliphatic rings. The summed E-state index contributed by atoms with van der Waals surface area (Å²) in [6.07, 6.45) is 0. The summed E-state index contributed by atoms with van der Waals surface area (Å²) >= 11 is 9.41. The Morgan fingerprint density at radius 2 is 1.88 bits per heavy atom. The minimum atomic E-state index is 0.0884. The average molecular weight is 298 g/mol. The van der Waals surface area contributed by atoms with Crippen LogP contribution in [0.5, 0.6) is 0 Å². The SMILES string of the molecule is Cc1cc2cc(Cl)c(Br)cc2cc1C(=N)N. The maximum absolute atomic E-state index is 7.49. The maximum atomic E-state index is 7.49. The Balaban J connectivity index is 2.79. The fourth-order valence-corrected chi connectivity index (χ4v) is 2.23. The van der Waals surface area contributed by atoms with Crippen LogP contribution in [-0.4, -0.2) is 5.84 Å². The Labute approximate surface area is 107 Å². The van der Waals surface area contributed by atoms with Crippen LogP contribution in [0.25, 0.3) is 10.8 Å². The Morgan fingerprint density at radius 3 is 2.50 bits per heavy atom. The standard InChI is InChI=1S/C12H10BrClN2/c1-6-2-7-5-11(14)10(13)4-8(7)3-9(6)12(15)16/h2-5H,1H3,(H3,15,16). The van der Waals surface area contributed by atoms with Crippen LogP contribution in [-0.2, 0) is 0 Å². The number of fused-ring (bicyclic) bond motifs is 1. The minimum Gasteiger partial charge on any atom is -0.384 e. The lowest BCUT2D eigenvalue weighted by Gasteiger charge is -2.07. The monoisotopic (exact) mass is 296 g/mol. The number of benzene rings is 2. The van der Waals surface area contributed by atoms with E-state index in [1.165, 1.54) is 0 Å². The van der Waals surface area contributed by atoms with Gasteiger partial charge in [0.25, 0.3) is 0 Å². The van der Waals surface area contributed by atoms with E-state index in [1.54, 1.807) is 0 Å². The Morgan fingerprint density at radius 1 is 1.25 bits per heavy atom. The second kappa shape index (κ2) is 4.07. The molecule has 0 aliphatic heterocycles. The van der Waals surface area contributed by atoms with Gasteiger partial charge in [0.2, 0.25) is 0 Å². The number of nitrogen functional groups attached to an aromatic ring is 1. The minimum absolute atomic E-state index is 0.0884. The third kappa shape index (κ3) is 1.93. The highest BCUT2D eigenvalue weighted by Crippen LogP contribution is 2.29. The van der Waals surface area contributed by atoms with Gasteiger partial charge < -0.3 is 5.73 Å². The quantitative estimate of drug-likeness (QED) is 0.609. The topological polar surface area (TPSA) is 49.9 Å². The lowest BCUT2D eigenvalue weighted by atomic mass is 10.0. The highest BCUT2D eigenvalue weighted by Gasteiger charge is 2.06. The van der Waals surface area contributed by atoms with E-state index in [1.807, 2.05) is 31.2 Å². The molecule has 0 aromatic heterocycles. The van der Waals surface area contributed by atoms with Crippen molar-refractivity contribution in [1.82, 2.24) is 0 Å². The van der Waals surface area contributed by atoms with Crippen LogP contribution in [0.1, 0.15) is 11.1 Å². The Hall–Kier alpha value is -1.06. The van der Waals surface area contributed by atoms with Gasteiger partial charge in [0, 0.05) is 10.0 Å². The molecule has 0 fully saturated rings. The summed E-state index contributed by atoms with van der Waals surface area (Å²) < 4.78 is 0.847. The summed E-state index contributed by atoms with van der Waals surface area (Å²) in [5.74, 6) is 0.0884. The third-order valence-corrected chi connectivity index (χ3v) is 3.71. The van der Waals surface area contributed by atoms with E-state index < -0.39 is 0 Å². The van der Waals surface area contributed by atoms with Gasteiger partial charge in [0.1, 0.15) is 5.84 Å². The van der Waals surface area contributed by atoms with Gasteiger partial charge in [0.05, 0.1) is 5.02 Å². The molecular weight excluding hydrogens is 288 g/mol. The molecule has 2 nitrogen and oxygen atoms in total. The van der Waals surface area contributed by atoms with Gasteiger partial charge in [-0.25, -0.2) is 0 Å². The lowest BCUT2D eigenvalue weighted by molar-refractivity contribution is 1.38. The van der Waals surface area contributed by atoms with E-state index in [4.69, 9.17) is 22.7 Å². The zero-order valence-electron chi connectivity index (χ0n) is 8.64. The van der Waals surface area contributed by atoms with Crippen LogP contribution in [0.2, 0.25) is 5.02 Å². The third-order valence-electron chi connectivity index (χ3n) is 2.51. The van der Waals surface area contributed by atoms with Crippen molar-refractivity contribution in [1.29, 1.82) is 5.41 Å². The molecule has 82 valence electrons. The number of hydrogen-bond acceptors (Lipinski definition) is 1. The summed E-state index contributed by atoms with van der Waals surface area (Å²) in [5.41, 5.74) is 7.27. The molecule has 2 aromatic carbocycles. The normalized spacial score (nSPS) is 10.7. The van der Waals surface area contributed by atoms with Gasteiger partial charge in [-0.2, -0.15) is 0 Å². The van der Waals surface area contributed by atoms with Crippen molar-refractivity contribution in [3.8, 4) is 0 Å². The summed E-state index contributed by atoms with van der Waals surface area (Å²) in [6, 6.07) is 7.74. The smallest absolute Gasteiger partial charge is 0.123 e. The number of halogens is 2. The van der Waals surface area contributed by atoms with Crippen LogP contribution < -0.4 is 5.73 Å². The number of hydrogen-bond donors (Lipinski definition) is 2. The fraction of sp³-hybridized carbons (Fsp3) is 0.0833. The molecule has 0 radical (unpaired) electrons. The van der Waals surface area contributed by atoms with Crippen molar-refractivity contribution in [2.45, 2.75) is 6.92 Å². The largest absolute Gasteiger partial charge is 0.384 e. The van der Waals surface area contributed by atoms with E-state index in [2.05, 4.69) is 15.9 Å². The molecule has 0 atom stereocenters. The van der Waals surface area contributed by atoms with E-state index >= 15 is 0 Å². The second-order valence-corrected chi connectivity index (χ2v) is 4.96. The molecule has 0 spiro atoms. The zero-order valence-corrected chi connectivity index (χ0v) is 11.0. The maximum Gasteiger partial charge on any atom is 0.123 e. The molecule has 0 aliphatic carbocycles. The van der Waals surface area contributed by atoms with Crippen molar-refractivity contribution in [2.75, 3.05) is 0 Å². The zero-order chi connectivity index (χ0) is 11.9. The molecule has 3 N–H and O–H groups in total. The van der Waals surface area contributed by atoms with Gasteiger partial charge in [-0.15, -0.1) is 0 Å². The average Bonchev–Trinajstić information content (AvgIpc) is 2.19. The lowest BCUT2D eigenvalue weighted by Crippen LogP contribution is -2.12. The van der Waals surface area contributed by atoms with Crippen molar-refractivity contribution < 1.29 is 0 Å². The van der Waals surface area contributed by atoms with E-state index in [-0.39, 0.29) is 5.84 Å². The van der Waals surface area contributed by atoms with Crippen molar-refractivity contribution in [3.63, 3.8) is 0 Å². The van der Waals surface area contributed by atoms with Crippen molar-refractivity contribution >= 4 is 44.1 Å². The first-order valence-corrected chi connectivity index (χ1v) is 5.90. The first-order chi connectivity index (χ1) is 7.49. The van der Waals surface area contributed by atoms with E-state index in [0.29, 0.717) is 5.02 Å². The van der Waals surface area contributed by atoms with Crippen LogP contribution in [0.4, 0.5) is 0 Å². The van der Waals surface area contributed by atoms with Crippen molar-refractivity contribution in [3.05, 3.63) is 44.9 Å². The molecular formula is C12H10BrClN2. The Bertz CT molecular complexity index is 593. The Kier molecular flexibility index (Phi) is 2.91. The first-order valence-electron chi connectivity index (χ1n) is 4.73. The van der Waals surface area contributed by atoms with Gasteiger partial charge in [-0.3, -0.25) is 5.41 Å². The molecule has 0 bridgehead atoms. The molecule has 0 heterocycles. The number of aryl methyl sites for hydroxylation is 1. The van der Waals surface area contributed by atoms with Crippen LogP contribution in [0.15, 0.2) is 28.7 Å². The molecule has 2 aromatic rings. The number of amidine groups is 1. The summed E-state index contributed by atoms with van der Waals surface area (Å²) in [7, 11) is 0. The van der Waals surface area contributed by atoms with Gasteiger partial charge in [-0.05, 0) is 57.4 Å². The predicted molar refractivity (Wildman–Crippen MR) is 72.4 cm³/mol. The molecule has 0 saturated heterocycles. The van der Waals surface area contributed by atoms with Gasteiger partial charge in [0.15, 0.2) is 0 Å². The predicted octanol–water partition coefficient (Wildman–Crippen LogP) is 3.85. The highest BCUT2D eigenvalue weighted by atomic mass is 79.9. The molecule has 0 amide bonds. The van der Waals surface area contributed by atoms with E-state index in [9.17, 15) is 0 Å². The molecule has 0 unspecified atom stereocenters. The molecule has 2 rings (SSSR count). The van der Waals surface area contributed by atoms with Crippen LogP contribution >= 0.6 is 27.5 Å². The number of rotatable bonds is 1. The molecule has 0 saturated carbocycles. The molecule has 16 heavy (non-hydrogen) atoms. The fourth-order valence-electron chi connectivity index (χ4n) is 1.70. The van der Waals surface area contributed by atoms with Gasteiger partial charge >= 0.3 is 0 Å². The van der Waals surface area contributed by atoms with Crippen LogP contribution in [0.3, 0.4) is 0 Å².